The number of nitrogens with zero attached hydrogens (tertiary/aromatic N) is 3. The van der Waals surface area contributed by atoms with Crippen LogP contribution in [0.25, 0.3) is 27.5 Å². The molecular formula is C22H16N4O3. The van der Waals surface area contributed by atoms with E-state index in [1.54, 1.807) is 30.6 Å². The number of hydrogen-bond donors (Lipinski definition) is 2. The first-order chi connectivity index (χ1) is 14.1. The maximum absolute atomic E-state index is 13.1. The zero-order valence-corrected chi connectivity index (χ0v) is 15.3. The van der Waals surface area contributed by atoms with Gasteiger partial charge in [0.25, 0.3) is 5.91 Å². The maximum Gasteiger partial charge on any atom is 0.339 e. The molecule has 1 amide bonds. The van der Waals surface area contributed by atoms with Crippen LogP contribution in [0.5, 0.6) is 0 Å². The Labute approximate surface area is 165 Å². The quantitative estimate of drug-likeness (QED) is 0.553. The minimum absolute atomic E-state index is 0.0719. The summed E-state index contributed by atoms with van der Waals surface area (Å²) < 4.78 is 0. The van der Waals surface area contributed by atoms with Crippen molar-refractivity contribution in [2.45, 2.75) is 6.42 Å². The largest absolute Gasteiger partial charge is 0.478 e. The average Bonchev–Trinajstić information content (AvgIpc) is 3.00. The summed E-state index contributed by atoms with van der Waals surface area (Å²) in [6.07, 6.45) is 5.14. The second-order valence-corrected chi connectivity index (χ2v) is 6.88. The summed E-state index contributed by atoms with van der Waals surface area (Å²) in [6, 6.07) is 12.8. The molecule has 7 heteroatoms. The monoisotopic (exact) mass is 384 g/mol. The first kappa shape index (κ1) is 17.1. The number of benzene rings is 2. The molecule has 0 fully saturated rings. The number of H-pyrrole nitrogens is 1. The summed E-state index contributed by atoms with van der Waals surface area (Å²) in [4.78, 5) is 38.2. The van der Waals surface area contributed by atoms with E-state index in [1.165, 1.54) is 11.1 Å². The third kappa shape index (κ3) is 2.84. The number of fused-ring (bicyclic) bond motifs is 4. The van der Waals surface area contributed by atoms with Gasteiger partial charge in [-0.05, 0) is 36.2 Å². The van der Waals surface area contributed by atoms with Gasteiger partial charge in [-0.2, -0.15) is 0 Å². The lowest BCUT2D eigenvalue weighted by atomic mass is 10.0. The molecule has 142 valence electrons. The Morgan fingerprint density at radius 1 is 1.03 bits per heavy atom. The Kier molecular flexibility index (Phi) is 3.87. The van der Waals surface area contributed by atoms with Crippen LogP contribution in [0.15, 0.2) is 61.1 Å². The second kappa shape index (κ2) is 6.56. The fraction of sp³-hybridized carbons (Fsp3) is 0.0909. The van der Waals surface area contributed by atoms with Crippen molar-refractivity contribution >= 4 is 39.4 Å². The van der Waals surface area contributed by atoms with Crippen LogP contribution in [-0.2, 0) is 11.2 Å². The Morgan fingerprint density at radius 2 is 1.83 bits per heavy atom. The normalized spacial score (nSPS) is 13.8. The molecule has 5 rings (SSSR count). The van der Waals surface area contributed by atoms with Gasteiger partial charge in [-0.3, -0.25) is 14.8 Å². The molecule has 0 saturated carbocycles. The molecule has 0 radical (unpaired) electrons. The van der Waals surface area contributed by atoms with Crippen molar-refractivity contribution in [1.82, 2.24) is 19.9 Å². The van der Waals surface area contributed by atoms with Crippen molar-refractivity contribution in [3.05, 3.63) is 77.9 Å². The van der Waals surface area contributed by atoms with Gasteiger partial charge in [0, 0.05) is 41.6 Å². The lowest BCUT2D eigenvalue weighted by Crippen LogP contribution is -2.27. The summed E-state index contributed by atoms with van der Waals surface area (Å²) in [5.41, 5.74) is 4.18. The predicted octanol–water partition coefficient (Wildman–Crippen LogP) is 3.24. The standard InChI is InChI=1S/C22H16N4O3/c27-21(13-5-6-18-19(11-13)24-9-8-23-18)26-10-7-15-14-3-1-2-4-17(14)25-20(15)16(12-26)22(28)29/h1-6,8-9,11-12,25H,7,10H2,(H,28,29). The van der Waals surface area contributed by atoms with Crippen LogP contribution >= 0.6 is 0 Å². The molecule has 1 aliphatic heterocycles. The van der Waals surface area contributed by atoms with E-state index in [-0.39, 0.29) is 11.5 Å². The van der Waals surface area contributed by atoms with Crippen LogP contribution in [0, 0.1) is 0 Å². The zero-order valence-electron chi connectivity index (χ0n) is 15.3. The Bertz CT molecular complexity index is 1320. The fourth-order valence-electron chi connectivity index (χ4n) is 3.79. The molecule has 3 heterocycles. The van der Waals surface area contributed by atoms with Crippen LogP contribution in [0.2, 0.25) is 0 Å². The van der Waals surface area contributed by atoms with Crippen molar-refractivity contribution in [3.8, 4) is 0 Å². The van der Waals surface area contributed by atoms with E-state index in [1.807, 2.05) is 24.3 Å². The molecule has 7 nitrogen and oxygen atoms in total. The molecule has 2 aromatic carbocycles. The van der Waals surface area contributed by atoms with Crippen LogP contribution in [0.3, 0.4) is 0 Å². The molecule has 0 atom stereocenters. The van der Waals surface area contributed by atoms with Crippen LogP contribution < -0.4 is 0 Å². The highest BCUT2D eigenvalue weighted by Gasteiger charge is 2.26. The minimum Gasteiger partial charge on any atom is -0.478 e. The van der Waals surface area contributed by atoms with Gasteiger partial charge in [0.15, 0.2) is 0 Å². The van der Waals surface area contributed by atoms with Crippen LogP contribution in [0.1, 0.15) is 21.6 Å². The van der Waals surface area contributed by atoms with E-state index in [9.17, 15) is 14.7 Å². The smallest absolute Gasteiger partial charge is 0.339 e. The summed E-state index contributed by atoms with van der Waals surface area (Å²) in [6.45, 7) is 0.378. The summed E-state index contributed by atoms with van der Waals surface area (Å²) in [5, 5.41) is 10.8. The fourth-order valence-corrected chi connectivity index (χ4v) is 3.79. The second-order valence-electron chi connectivity index (χ2n) is 6.88. The van der Waals surface area contributed by atoms with E-state index in [2.05, 4.69) is 15.0 Å². The number of amides is 1. The molecule has 0 bridgehead atoms. The third-order valence-electron chi connectivity index (χ3n) is 5.18. The first-order valence-electron chi connectivity index (χ1n) is 9.18. The molecule has 0 aliphatic carbocycles. The maximum atomic E-state index is 13.1. The van der Waals surface area contributed by atoms with Crippen LogP contribution in [0.4, 0.5) is 0 Å². The molecule has 0 unspecified atom stereocenters. The van der Waals surface area contributed by atoms with E-state index in [0.717, 1.165) is 16.5 Å². The summed E-state index contributed by atoms with van der Waals surface area (Å²) >= 11 is 0. The highest BCUT2D eigenvalue weighted by atomic mass is 16.4. The molecule has 29 heavy (non-hydrogen) atoms. The van der Waals surface area contributed by atoms with E-state index in [4.69, 9.17) is 0 Å². The number of hydrogen-bond acceptors (Lipinski definition) is 4. The number of aliphatic carboxylic acids is 1. The van der Waals surface area contributed by atoms with Gasteiger partial charge in [0.05, 0.1) is 22.3 Å². The van der Waals surface area contributed by atoms with Gasteiger partial charge in [0.1, 0.15) is 0 Å². The zero-order chi connectivity index (χ0) is 20.0. The number of carbonyl (C=O) groups excluding carboxylic acids is 1. The highest BCUT2D eigenvalue weighted by Crippen LogP contribution is 2.31. The van der Waals surface area contributed by atoms with Gasteiger partial charge in [-0.1, -0.05) is 18.2 Å². The number of aromatic nitrogens is 3. The van der Waals surface area contributed by atoms with Crippen LogP contribution in [-0.4, -0.2) is 43.4 Å². The summed E-state index contributed by atoms with van der Waals surface area (Å²) in [5.74, 6) is -1.35. The number of carbonyl (C=O) groups is 2. The van der Waals surface area contributed by atoms with Crippen molar-refractivity contribution in [3.63, 3.8) is 0 Å². The molecule has 4 aromatic rings. The van der Waals surface area contributed by atoms with Gasteiger partial charge in [-0.25, -0.2) is 4.79 Å². The van der Waals surface area contributed by atoms with Crippen molar-refractivity contribution in [2.75, 3.05) is 6.54 Å². The number of nitrogens with one attached hydrogen (secondary N) is 1. The number of carboxylic acids is 1. The van der Waals surface area contributed by atoms with E-state index in [0.29, 0.717) is 35.3 Å². The Morgan fingerprint density at radius 3 is 2.66 bits per heavy atom. The number of carboxylic acid groups (broad SMARTS) is 1. The van der Waals surface area contributed by atoms with Gasteiger partial charge >= 0.3 is 5.97 Å². The predicted molar refractivity (Wildman–Crippen MR) is 108 cm³/mol. The van der Waals surface area contributed by atoms with Gasteiger partial charge in [0.2, 0.25) is 0 Å². The molecule has 2 N–H and O–H groups in total. The Balaban J connectivity index is 1.57. The first-order valence-corrected chi connectivity index (χ1v) is 9.18. The molecular weight excluding hydrogens is 368 g/mol. The SMILES string of the molecule is O=C(O)C1=CN(C(=O)c2ccc3nccnc3c2)CCc2c1[nH]c1ccccc21. The molecule has 0 spiro atoms. The molecule has 1 aliphatic rings. The molecule has 0 saturated heterocycles. The van der Waals surface area contributed by atoms with Crippen molar-refractivity contribution < 1.29 is 14.7 Å². The third-order valence-corrected chi connectivity index (χ3v) is 5.18. The van der Waals surface area contributed by atoms with Gasteiger partial charge < -0.3 is 15.0 Å². The van der Waals surface area contributed by atoms with Crippen molar-refractivity contribution in [2.24, 2.45) is 0 Å². The highest BCUT2D eigenvalue weighted by molar-refractivity contribution is 6.17. The average molecular weight is 384 g/mol. The summed E-state index contributed by atoms with van der Waals surface area (Å²) in [7, 11) is 0. The number of para-hydroxylation sites is 1. The van der Waals surface area contributed by atoms with Crippen molar-refractivity contribution in [1.29, 1.82) is 0 Å². The Hall–Kier alpha value is -4.00. The van der Waals surface area contributed by atoms with Gasteiger partial charge in [-0.15, -0.1) is 0 Å². The lowest BCUT2D eigenvalue weighted by molar-refractivity contribution is -0.130. The van der Waals surface area contributed by atoms with E-state index < -0.39 is 5.97 Å². The topological polar surface area (TPSA) is 99.2 Å². The lowest BCUT2D eigenvalue weighted by Gasteiger charge is -2.17. The van der Waals surface area contributed by atoms with E-state index >= 15 is 0 Å². The minimum atomic E-state index is -1.08. The molecule has 2 aromatic heterocycles. The number of aromatic amines is 1. The number of rotatable bonds is 2.